The smallest absolute Gasteiger partial charge is 0.349 e. The minimum absolute atomic E-state index is 0.0557. The summed E-state index contributed by atoms with van der Waals surface area (Å²) in [6.45, 7) is 0. The van der Waals surface area contributed by atoms with Crippen LogP contribution >= 0.6 is 0 Å². The highest BCUT2D eigenvalue weighted by Gasteiger charge is 2.29. The summed E-state index contributed by atoms with van der Waals surface area (Å²) in [6.07, 6.45) is 1.46. The molecule has 0 atom stereocenters. The summed E-state index contributed by atoms with van der Waals surface area (Å²) in [5.74, 6) is -0.416. The fourth-order valence-corrected chi connectivity index (χ4v) is 2.56. The lowest BCUT2D eigenvalue weighted by atomic mass is 9.91. The van der Waals surface area contributed by atoms with Crippen LogP contribution in [0.15, 0.2) is 39.5 Å². The standard InChI is InChI=1S/C16H13NO4/c17-14-12-10(18)7-4-8-11(12)21-16(20)13(14)15(19)9-5-2-1-3-6-9/h1-3,5-6H,4,7-8,17H2. The molecule has 0 amide bonds. The number of carbonyl (C=O) groups is 2. The third kappa shape index (κ3) is 2.16. The molecule has 0 aliphatic heterocycles. The number of rotatable bonds is 2. The number of nitrogen functional groups attached to an aromatic ring is 1. The number of Topliss-reactive ketones (excluding diaryl/α,β-unsaturated/α-hetero) is 1. The summed E-state index contributed by atoms with van der Waals surface area (Å²) in [4.78, 5) is 36.5. The van der Waals surface area contributed by atoms with Gasteiger partial charge in [0.1, 0.15) is 11.3 Å². The maximum Gasteiger partial charge on any atom is 0.349 e. The minimum atomic E-state index is -0.783. The predicted molar refractivity (Wildman–Crippen MR) is 76.5 cm³/mol. The number of ketones is 2. The SMILES string of the molecule is Nc1c2c(oc(=O)c1C(=O)c1ccccc1)CCCC2=O. The van der Waals surface area contributed by atoms with Crippen LogP contribution in [0.25, 0.3) is 0 Å². The Hall–Kier alpha value is -2.69. The summed E-state index contributed by atoms with van der Waals surface area (Å²) in [7, 11) is 0. The molecule has 1 aromatic heterocycles. The molecule has 5 nitrogen and oxygen atoms in total. The molecule has 0 saturated carbocycles. The first-order chi connectivity index (χ1) is 10.1. The summed E-state index contributed by atoms with van der Waals surface area (Å²) >= 11 is 0. The van der Waals surface area contributed by atoms with E-state index in [0.717, 1.165) is 0 Å². The van der Waals surface area contributed by atoms with E-state index in [1.54, 1.807) is 30.3 Å². The molecule has 0 fully saturated rings. The number of carbonyl (C=O) groups excluding carboxylic acids is 2. The number of aryl methyl sites for hydroxylation is 1. The zero-order chi connectivity index (χ0) is 15.0. The highest BCUT2D eigenvalue weighted by molar-refractivity contribution is 6.15. The minimum Gasteiger partial charge on any atom is -0.426 e. The first-order valence-electron chi connectivity index (χ1n) is 6.68. The molecule has 0 spiro atoms. The van der Waals surface area contributed by atoms with Gasteiger partial charge in [0.05, 0.1) is 11.3 Å². The van der Waals surface area contributed by atoms with Crippen molar-refractivity contribution in [1.29, 1.82) is 0 Å². The maximum absolute atomic E-state index is 12.4. The second-order valence-electron chi connectivity index (χ2n) is 4.95. The molecule has 1 aliphatic rings. The Bertz CT molecular complexity index is 790. The van der Waals surface area contributed by atoms with Gasteiger partial charge in [-0.05, 0) is 6.42 Å². The third-order valence-electron chi connectivity index (χ3n) is 3.59. The summed E-state index contributed by atoms with van der Waals surface area (Å²) in [5.41, 5.74) is 5.37. The predicted octanol–water partition coefficient (Wildman–Crippen LogP) is 1.97. The van der Waals surface area contributed by atoms with Gasteiger partial charge in [-0.25, -0.2) is 4.79 Å². The second-order valence-corrected chi connectivity index (χ2v) is 4.95. The third-order valence-corrected chi connectivity index (χ3v) is 3.59. The Kier molecular flexibility index (Phi) is 3.17. The molecule has 2 N–H and O–H groups in total. The van der Waals surface area contributed by atoms with E-state index in [2.05, 4.69) is 0 Å². The van der Waals surface area contributed by atoms with E-state index >= 15 is 0 Å². The molecule has 21 heavy (non-hydrogen) atoms. The van der Waals surface area contributed by atoms with Crippen LogP contribution in [-0.2, 0) is 6.42 Å². The lowest BCUT2D eigenvalue weighted by Crippen LogP contribution is -2.24. The second kappa shape index (κ2) is 5.01. The maximum atomic E-state index is 12.4. The van der Waals surface area contributed by atoms with Gasteiger partial charge in [0, 0.05) is 18.4 Å². The van der Waals surface area contributed by atoms with Crippen LogP contribution in [-0.4, -0.2) is 11.6 Å². The van der Waals surface area contributed by atoms with Crippen molar-refractivity contribution in [3.05, 3.63) is 63.2 Å². The van der Waals surface area contributed by atoms with E-state index in [1.807, 2.05) is 0 Å². The highest BCUT2D eigenvalue weighted by Crippen LogP contribution is 2.28. The van der Waals surface area contributed by atoms with Gasteiger partial charge in [-0.1, -0.05) is 30.3 Å². The summed E-state index contributed by atoms with van der Waals surface area (Å²) in [5, 5.41) is 0. The molecule has 0 bridgehead atoms. The molecule has 1 aromatic carbocycles. The number of nitrogens with two attached hydrogens (primary N) is 1. The Morgan fingerprint density at radius 1 is 1.10 bits per heavy atom. The van der Waals surface area contributed by atoms with Gasteiger partial charge in [-0.3, -0.25) is 9.59 Å². The lowest BCUT2D eigenvalue weighted by Gasteiger charge is -2.16. The zero-order valence-corrected chi connectivity index (χ0v) is 11.2. The number of hydrogen-bond donors (Lipinski definition) is 1. The monoisotopic (exact) mass is 283 g/mol. The van der Waals surface area contributed by atoms with Gasteiger partial charge in [-0.2, -0.15) is 0 Å². The summed E-state index contributed by atoms with van der Waals surface area (Å²) in [6, 6.07) is 8.31. The zero-order valence-electron chi connectivity index (χ0n) is 11.2. The van der Waals surface area contributed by atoms with Crippen LogP contribution in [0.2, 0.25) is 0 Å². The van der Waals surface area contributed by atoms with E-state index in [9.17, 15) is 14.4 Å². The number of fused-ring (bicyclic) bond motifs is 1. The van der Waals surface area contributed by atoms with Gasteiger partial charge in [0.15, 0.2) is 5.78 Å². The highest BCUT2D eigenvalue weighted by atomic mass is 16.4. The van der Waals surface area contributed by atoms with Crippen molar-refractivity contribution in [2.75, 3.05) is 5.73 Å². The Balaban J connectivity index is 2.20. The molecule has 2 aromatic rings. The van der Waals surface area contributed by atoms with Gasteiger partial charge < -0.3 is 10.2 Å². The molecule has 106 valence electrons. The van der Waals surface area contributed by atoms with E-state index in [1.165, 1.54) is 0 Å². The van der Waals surface area contributed by atoms with Gasteiger partial charge >= 0.3 is 5.63 Å². The number of benzene rings is 1. The first kappa shape index (κ1) is 13.3. The Morgan fingerprint density at radius 2 is 1.81 bits per heavy atom. The van der Waals surface area contributed by atoms with Crippen molar-refractivity contribution in [2.24, 2.45) is 0 Å². The van der Waals surface area contributed by atoms with Crippen LogP contribution in [0.4, 0.5) is 5.69 Å². The van der Waals surface area contributed by atoms with Crippen LogP contribution in [0.1, 0.15) is 44.9 Å². The van der Waals surface area contributed by atoms with Crippen LogP contribution < -0.4 is 11.4 Å². The van der Waals surface area contributed by atoms with E-state index < -0.39 is 11.4 Å². The molecule has 1 heterocycles. The normalized spacial score (nSPS) is 13.8. The summed E-state index contributed by atoms with van der Waals surface area (Å²) < 4.78 is 5.15. The molecular weight excluding hydrogens is 270 g/mol. The van der Waals surface area contributed by atoms with Gasteiger partial charge in [-0.15, -0.1) is 0 Å². The van der Waals surface area contributed by atoms with Crippen LogP contribution in [0, 0.1) is 0 Å². The van der Waals surface area contributed by atoms with E-state index in [-0.39, 0.29) is 22.6 Å². The van der Waals surface area contributed by atoms with Crippen molar-refractivity contribution in [3.63, 3.8) is 0 Å². The van der Waals surface area contributed by atoms with E-state index in [0.29, 0.717) is 30.6 Å². The van der Waals surface area contributed by atoms with Crippen molar-refractivity contribution in [1.82, 2.24) is 0 Å². The van der Waals surface area contributed by atoms with E-state index in [4.69, 9.17) is 10.2 Å². The lowest BCUT2D eigenvalue weighted by molar-refractivity contribution is 0.0967. The van der Waals surface area contributed by atoms with Crippen LogP contribution in [0.5, 0.6) is 0 Å². The fourth-order valence-electron chi connectivity index (χ4n) is 2.56. The Labute approximate surface area is 120 Å². The molecule has 0 radical (unpaired) electrons. The average molecular weight is 283 g/mol. The Morgan fingerprint density at radius 3 is 2.52 bits per heavy atom. The first-order valence-corrected chi connectivity index (χ1v) is 6.68. The molecule has 0 unspecified atom stereocenters. The average Bonchev–Trinajstić information content (AvgIpc) is 2.47. The van der Waals surface area contributed by atoms with Crippen molar-refractivity contribution in [3.8, 4) is 0 Å². The van der Waals surface area contributed by atoms with Crippen molar-refractivity contribution < 1.29 is 14.0 Å². The topological polar surface area (TPSA) is 90.4 Å². The van der Waals surface area contributed by atoms with Gasteiger partial charge in [0.25, 0.3) is 0 Å². The van der Waals surface area contributed by atoms with Crippen LogP contribution in [0.3, 0.4) is 0 Å². The molecular formula is C16H13NO4. The quantitative estimate of drug-likeness (QED) is 0.851. The molecule has 3 rings (SSSR count). The van der Waals surface area contributed by atoms with Gasteiger partial charge in [0.2, 0.25) is 5.78 Å². The number of anilines is 1. The number of hydrogen-bond acceptors (Lipinski definition) is 5. The van der Waals surface area contributed by atoms with Crippen molar-refractivity contribution in [2.45, 2.75) is 19.3 Å². The fraction of sp³-hybridized carbons (Fsp3) is 0.188. The van der Waals surface area contributed by atoms with Crippen molar-refractivity contribution >= 4 is 17.3 Å². The molecule has 5 heteroatoms. The largest absolute Gasteiger partial charge is 0.426 e. The molecule has 0 saturated heterocycles. The molecule has 1 aliphatic carbocycles.